The Morgan fingerprint density at radius 2 is 1.96 bits per heavy atom. The number of imidazole rings is 1. The van der Waals surface area contributed by atoms with Crippen LogP contribution in [0.3, 0.4) is 0 Å². The molecule has 7 heteroatoms. The standard InChI is InChI=1S/C19H19N3O4/c20-5-4-18-21-14-9-16-17(26-7-6-25-16)10-15(14)22(18)11-12-2-1-3-13(8-12)19(23)24/h1-3,8-10H,4-7,11,20H2,(H,23,24). The number of carboxylic acid groups (broad SMARTS) is 1. The number of fused-ring (bicyclic) bond motifs is 2. The van der Waals surface area contributed by atoms with Crippen molar-refractivity contribution < 1.29 is 19.4 Å². The lowest BCUT2D eigenvalue weighted by Crippen LogP contribution is -2.15. The van der Waals surface area contributed by atoms with Crippen molar-refractivity contribution >= 4 is 17.0 Å². The van der Waals surface area contributed by atoms with Crippen molar-refractivity contribution in [1.82, 2.24) is 9.55 Å². The van der Waals surface area contributed by atoms with Gasteiger partial charge < -0.3 is 24.9 Å². The second kappa shape index (κ2) is 6.68. The number of aromatic carboxylic acids is 1. The Bertz CT molecular complexity index is 980. The third kappa shape index (κ3) is 2.97. The lowest BCUT2D eigenvalue weighted by Gasteiger charge is -2.18. The molecule has 0 bridgehead atoms. The third-order valence-corrected chi connectivity index (χ3v) is 4.37. The number of ether oxygens (including phenoxy) is 2. The normalized spacial score (nSPS) is 13.1. The Kier molecular flexibility index (Phi) is 4.22. The van der Waals surface area contributed by atoms with Crippen molar-refractivity contribution in [3.05, 3.63) is 53.3 Å². The van der Waals surface area contributed by atoms with E-state index in [0.717, 1.165) is 22.4 Å². The lowest BCUT2D eigenvalue weighted by atomic mass is 10.1. The highest BCUT2D eigenvalue weighted by atomic mass is 16.6. The van der Waals surface area contributed by atoms with Gasteiger partial charge in [0.25, 0.3) is 0 Å². The highest BCUT2D eigenvalue weighted by Crippen LogP contribution is 2.35. The molecule has 0 atom stereocenters. The molecule has 0 amide bonds. The number of rotatable bonds is 5. The van der Waals surface area contributed by atoms with Gasteiger partial charge in [0, 0.05) is 25.1 Å². The van der Waals surface area contributed by atoms with Crippen LogP contribution >= 0.6 is 0 Å². The van der Waals surface area contributed by atoms with Crippen molar-refractivity contribution in [2.45, 2.75) is 13.0 Å². The minimum Gasteiger partial charge on any atom is -0.486 e. The second-order valence-corrected chi connectivity index (χ2v) is 6.14. The molecule has 134 valence electrons. The molecule has 2 aromatic carbocycles. The first-order chi connectivity index (χ1) is 12.7. The zero-order chi connectivity index (χ0) is 18.1. The smallest absolute Gasteiger partial charge is 0.335 e. The summed E-state index contributed by atoms with van der Waals surface area (Å²) in [4.78, 5) is 15.9. The fourth-order valence-electron chi connectivity index (χ4n) is 3.19. The summed E-state index contributed by atoms with van der Waals surface area (Å²) in [6.07, 6.45) is 0.625. The van der Waals surface area contributed by atoms with Crippen LogP contribution in [0.4, 0.5) is 0 Å². The van der Waals surface area contributed by atoms with Gasteiger partial charge in [-0.05, 0) is 24.2 Å². The lowest BCUT2D eigenvalue weighted by molar-refractivity contribution is 0.0696. The molecule has 0 aliphatic carbocycles. The summed E-state index contributed by atoms with van der Waals surface area (Å²) in [5.74, 6) is 1.30. The summed E-state index contributed by atoms with van der Waals surface area (Å²) in [6.45, 7) is 2.03. The highest BCUT2D eigenvalue weighted by molar-refractivity contribution is 5.87. The molecule has 3 N–H and O–H groups in total. The maximum absolute atomic E-state index is 11.2. The number of benzene rings is 2. The monoisotopic (exact) mass is 353 g/mol. The molecule has 1 aliphatic rings. The molecule has 3 aromatic rings. The van der Waals surface area contributed by atoms with Crippen LogP contribution in [0.1, 0.15) is 21.7 Å². The quantitative estimate of drug-likeness (QED) is 0.728. The average molecular weight is 353 g/mol. The maximum atomic E-state index is 11.2. The molecule has 0 spiro atoms. The Balaban J connectivity index is 1.80. The number of aromatic nitrogens is 2. The summed E-state index contributed by atoms with van der Waals surface area (Å²) in [5.41, 5.74) is 8.63. The number of hydrogen-bond donors (Lipinski definition) is 2. The zero-order valence-electron chi connectivity index (χ0n) is 14.1. The highest BCUT2D eigenvalue weighted by Gasteiger charge is 2.18. The predicted octanol–water partition coefficient (Wildman–Crippen LogP) is 2.06. The minimum atomic E-state index is -0.941. The third-order valence-electron chi connectivity index (χ3n) is 4.37. The fourth-order valence-corrected chi connectivity index (χ4v) is 3.19. The largest absolute Gasteiger partial charge is 0.486 e. The van der Waals surface area contributed by atoms with E-state index < -0.39 is 5.97 Å². The average Bonchev–Trinajstić information content (AvgIpc) is 2.97. The van der Waals surface area contributed by atoms with Crippen LogP contribution in [0, 0.1) is 0 Å². The van der Waals surface area contributed by atoms with Gasteiger partial charge in [0.2, 0.25) is 0 Å². The van der Waals surface area contributed by atoms with Gasteiger partial charge in [-0.15, -0.1) is 0 Å². The van der Waals surface area contributed by atoms with Gasteiger partial charge in [0.1, 0.15) is 19.0 Å². The number of carboxylic acids is 1. The molecule has 0 unspecified atom stereocenters. The SMILES string of the molecule is NCCc1nc2cc3c(cc2n1Cc1cccc(C(=O)O)c1)OCCO3. The molecular formula is C19H19N3O4. The van der Waals surface area contributed by atoms with Crippen LogP contribution < -0.4 is 15.2 Å². The van der Waals surface area contributed by atoms with Gasteiger partial charge in [-0.3, -0.25) is 0 Å². The Labute approximate surface area is 150 Å². The van der Waals surface area contributed by atoms with Crippen molar-refractivity contribution in [2.75, 3.05) is 19.8 Å². The molecule has 0 saturated heterocycles. The van der Waals surface area contributed by atoms with E-state index in [1.165, 1.54) is 0 Å². The molecule has 1 aliphatic heterocycles. The van der Waals surface area contributed by atoms with E-state index >= 15 is 0 Å². The van der Waals surface area contributed by atoms with Crippen LogP contribution in [0.25, 0.3) is 11.0 Å². The van der Waals surface area contributed by atoms with Gasteiger partial charge in [0.05, 0.1) is 16.6 Å². The first kappa shape index (κ1) is 16.4. The molecular weight excluding hydrogens is 334 g/mol. The van der Waals surface area contributed by atoms with Gasteiger partial charge in [0.15, 0.2) is 11.5 Å². The van der Waals surface area contributed by atoms with Crippen molar-refractivity contribution in [1.29, 1.82) is 0 Å². The first-order valence-corrected chi connectivity index (χ1v) is 8.47. The Hall–Kier alpha value is -3.06. The van der Waals surface area contributed by atoms with Gasteiger partial charge in [-0.1, -0.05) is 12.1 Å². The van der Waals surface area contributed by atoms with Crippen LogP contribution in [0.15, 0.2) is 36.4 Å². The van der Waals surface area contributed by atoms with E-state index in [1.54, 1.807) is 18.2 Å². The van der Waals surface area contributed by atoms with Gasteiger partial charge in [-0.25, -0.2) is 9.78 Å². The molecule has 7 nitrogen and oxygen atoms in total. The predicted molar refractivity (Wildman–Crippen MR) is 96.0 cm³/mol. The molecule has 4 rings (SSSR count). The number of carbonyl (C=O) groups is 1. The molecule has 2 heterocycles. The Morgan fingerprint density at radius 1 is 1.19 bits per heavy atom. The van der Waals surface area contributed by atoms with Gasteiger partial charge in [-0.2, -0.15) is 0 Å². The van der Waals surface area contributed by atoms with Crippen LogP contribution in [0.5, 0.6) is 11.5 Å². The maximum Gasteiger partial charge on any atom is 0.335 e. The molecule has 1 aromatic heterocycles. The number of nitrogens with zero attached hydrogens (tertiary/aromatic N) is 2. The van der Waals surface area contributed by atoms with E-state index in [1.807, 2.05) is 18.2 Å². The van der Waals surface area contributed by atoms with E-state index in [2.05, 4.69) is 4.57 Å². The second-order valence-electron chi connectivity index (χ2n) is 6.14. The zero-order valence-corrected chi connectivity index (χ0v) is 14.1. The van der Waals surface area contributed by atoms with Crippen LogP contribution in [-0.4, -0.2) is 40.4 Å². The minimum absolute atomic E-state index is 0.265. The van der Waals surface area contributed by atoms with Crippen LogP contribution in [-0.2, 0) is 13.0 Å². The molecule has 26 heavy (non-hydrogen) atoms. The summed E-state index contributed by atoms with van der Waals surface area (Å²) >= 11 is 0. The van der Waals surface area contributed by atoms with Crippen molar-refractivity contribution in [3.8, 4) is 11.5 Å². The van der Waals surface area contributed by atoms with Crippen LogP contribution in [0.2, 0.25) is 0 Å². The summed E-state index contributed by atoms with van der Waals surface area (Å²) in [7, 11) is 0. The summed E-state index contributed by atoms with van der Waals surface area (Å²) in [5, 5.41) is 9.21. The van der Waals surface area contributed by atoms with Gasteiger partial charge >= 0.3 is 5.97 Å². The van der Waals surface area contributed by atoms with E-state index in [-0.39, 0.29) is 5.56 Å². The molecule has 0 saturated carbocycles. The summed E-state index contributed by atoms with van der Waals surface area (Å²) < 4.78 is 13.4. The fraction of sp³-hybridized carbons (Fsp3) is 0.263. The van der Waals surface area contributed by atoms with E-state index in [0.29, 0.717) is 44.2 Å². The molecule has 0 fully saturated rings. The topological polar surface area (TPSA) is 99.6 Å². The van der Waals surface area contributed by atoms with Crippen molar-refractivity contribution in [3.63, 3.8) is 0 Å². The van der Waals surface area contributed by atoms with E-state index in [9.17, 15) is 9.90 Å². The van der Waals surface area contributed by atoms with Crippen molar-refractivity contribution in [2.24, 2.45) is 5.73 Å². The summed E-state index contributed by atoms with van der Waals surface area (Å²) in [6, 6.07) is 10.7. The number of hydrogen-bond acceptors (Lipinski definition) is 5. The first-order valence-electron chi connectivity index (χ1n) is 8.47. The number of nitrogens with two attached hydrogens (primary N) is 1. The molecule has 0 radical (unpaired) electrons. The van der Waals surface area contributed by atoms with E-state index in [4.69, 9.17) is 20.2 Å². The Morgan fingerprint density at radius 3 is 2.69 bits per heavy atom.